The first-order valence-corrected chi connectivity index (χ1v) is 33.8. The van der Waals surface area contributed by atoms with Crippen molar-refractivity contribution in [1.82, 2.24) is 36.3 Å². The Morgan fingerprint density at radius 1 is 0.909 bits per heavy atom. The minimum absolute atomic E-state index is 0.0431. The number of piperidine rings is 1. The van der Waals surface area contributed by atoms with Crippen molar-refractivity contribution in [2.45, 2.75) is 164 Å². The number of carbonyl (C=O) groups excluding carboxylic acids is 6. The number of carboxylic acids is 1. The number of hydrogen-bond acceptors (Lipinski definition) is 18. The fourth-order valence-corrected chi connectivity index (χ4v) is 17.9. The summed E-state index contributed by atoms with van der Waals surface area (Å²) in [5.74, 6) is -4.36. The van der Waals surface area contributed by atoms with Crippen LogP contribution in [0.1, 0.15) is 128 Å². The predicted molar refractivity (Wildman–Crippen MR) is 338 cm³/mol. The van der Waals surface area contributed by atoms with Crippen LogP contribution < -0.4 is 36.9 Å². The molecule has 11 N–H and O–H groups in total. The Hall–Kier alpha value is -5.73. The predicted octanol–water partition coefficient (Wildman–Crippen LogP) is 4.63. The number of aromatic nitrogens is 1. The molecule has 22 nitrogen and oxygen atoms in total. The molecule has 1 spiro atoms. The highest BCUT2D eigenvalue weighted by molar-refractivity contribution is 8.76. The van der Waals surface area contributed by atoms with E-state index in [2.05, 4.69) is 74.4 Å². The highest BCUT2D eigenvalue weighted by Gasteiger charge is 2.79. The van der Waals surface area contributed by atoms with Gasteiger partial charge in [0.1, 0.15) is 18.5 Å². The highest BCUT2D eigenvalue weighted by Crippen LogP contribution is 2.67. The van der Waals surface area contributed by atoms with Gasteiger partial charge in [0.15, 0.2) is 17.2 Å². The molecule has 1 aliphatic carbocycles. The lowest BCUT2D eigenvalue weighted by atomic mass is 9.47. The van der Waals surface area contributed by atoms with Crippen LogP contribution in [0, 0.1) is 23.2 Å². The van der Waals surface area contributed by atoms with Crippen LogP contribution in [0.5, 0.6) is 5.75 Å². The van der Waals surface area contributed by atoms with Gasteiger partial charge >= 0.3 is 12.1 Å². The van der Waals surface area contributed by atoms with Crippen LogP contribution in [0.4, 0.5) is 10.5 Å². The summed E-state index contributed by atoms with van der Waals surface area (Å²) in [6.07, 6.45) is 5.01. The second-order valence-corrected chi connectivity index (χ2v) is 28.5. The number of amides is 4. The van der Waals surface area contributed by atoms with Gasteiger partial charge in [-0.1, -0.05) is 79.6 Å². The topological polar surface area (TPSA) is 319 Å². The van der Waals surface area contributed by atoms with E-state index in [0.717, 1.165) is 52.9 Å². The van der Waals surface area contributed by atoms with Crippen molar-refractivity contribution in [1.29, 1.82) is 0 Å². The number of nitrogens with zero attached hydrogens (tertiary/aromatic N) is 3. The normalized spacial score (nSPS) is 30.0. The van der Waals surface area contributed by atoms with Crippen molar-refractivity contribution in [3.63, 3.8) is 0 Å². The van der Waals surface area contributed by atoms with Gasteiger partial charge in [-0.2, -0.15) is 0 Å². The number of benzene rings is 2. The third-order valence-electron chi connectivity index (χ3n) is 20.5. The molecule has 9 rings (SSSR count). The highest BCUT2D eigenvalue weighted by atomic mass is 33.1. The molecule has 88 heavy (non-hydrogen) atoms. The fourth-order valence-electron chi connectivity index (χ4n) is 16.0. The van der Waals surface area contributed by atoms with E-state index in [1.54, 1.807) is 14.0 Å². The monoisotopic (exact) mass is 1260 g/mol. The molecular weight excluding hydrogens is 1170 g/mol. The number of hydrogen-bond donors (Lipinski definition) is 10. The number of likely N-dealkylation sites (N-methyl/N-ethyl adjacent to an activating group) is 1. The Balaban J connectivity index is 0.856. The molecule has 2 saturated heterocycles. The van der Waals surface area contributed by atoms with Gasteiger partial charge in [0.25, 0.3) is 5.91 Å². The number of hydrazine groups is 1. The van der Waals surface area contributed by atoms with Crippen molar-refractivity contribution >= 4 is 79.5 Å². The van der Waals surface area contributed by atoms with Gasteiger partial charge in [0.2, 0.25) is 11.8 Å². The van der Waals surface area contributed by atoms with Gasteiger partial charge in [0, 0.05) is 126 Å². The van der Waals surface area contributed by atoms with E-state index in [4.69, 9.17) is 15.2 Å². The average molecular weight is 1260 g/mol. The van der Waals surface area contributed by atoms with Crippen LogP contribution in [0.15, 0.2) is 48.6 Å². The van der Waals surface area contributed by atoms with Gasteiger partial charge in [-0.05, 0) is 101 Å². The smallest absolute Gasteiger partial charge is 0.426 e. The van der Waals surface area contributed by atoms with Gasteiger partial charge in [-0.3, -0.25) is 44.0 Å². The first-order chi connectivity index (χ1) is 41.9. The van der Waals surface area contributed by atoms with E-state index in [9.17, 15) is 49.2 Å². The summed E-state index contributed by atoms with van der Waals surface area (Å²) in [6.45, 7) is 14.6. The molecule has 14 atom stereocenters. The molecule has 1 unspecified atom stereocenters. The standard InChI is InChI=1S/C64H91N9O13S2/c1-9-37(4)53(78)66-38(5)49(75)28-40(29-51(76)77)54(79)68-46(34-65)48(74)18-14-26-87-88-27-25-86-59(82)70-69-58(81)64(84)56-63(21-24-73-22-15-20-62(11-3,55(63)73)57(64)80)43-30-44(50(85-8)31-47(43)71(56)7)60(6)32-39-33-61(83,10-2)36-72(35-39)23-19-42-41-16-12-13-17-45(41)67-52(42)60/h12-13,15-17,20,30-31,37-40,46,55-57,67,80,83-84H,9-11,14,18-19,21-29,32-36,65H2,1-8H3,(H,66,78)(H,68,79)(H,69,81)(H,70,82)(H,76,77)/t37-,38+,39+,40+,46+,55+,56-,57-,60-,61+,62-,63-,64+/m1/s1. The van der Waals surface area contributed by atoms with Gasteiger partial charge in [0.05, 0.1) is 43.2 Å². The summed E-state index contributed by atoms with van der Waals surface area (Å²) in [5.41, 5.74) is 10.7. The zero-order valence-corrected chi connectivity index (χ0v) is 53.7. The third-order valence-corrected chi connectivity index (χ3v) is 23.0. The molecule has 1 saturated carbocycles. The average Bonchev–Trinajstić information content (AvgIpc) is 1.45. The number of rotatable bonds is 25. The number of aliphatic hydroxyl groups excluding tert-OH is 1. The van der Waals surface area contributed by atoms with Gasteiger partial charge in [-0.15, -0.1) is 0 Å². The fraction of sp³-hybridized carbons (Fsp3) is 0.641. The molecule has 3 fully saturated rings. The van der Waals surface area contributed by atoms with E-state index in [1.807, 2.05) is 50.1 Å². The molecule has 3 aromatic rings. The van der Waals surface area contributed by atoms with E-state index < -0.39 is 100 Å². The van der Waals surface area contributed by atoms with Crippen LogP contribution in [-0.2, 0) is 50.8 Å². The summed E-state index contributed by atoms with van der Waals surface area (Å²) in [6, 6.07) is 9.33. The molecule has 24 heteroatoms. The zero-order chi connectivity index (χ0) is 63.7. The second-order valence-electron chi connectivity index (χ2n) is 25.8. The van der Waals surface area contributed by atoms with Crippen molar-refractivity contribution in [3.8, 4) is 5.75 Å². The Bertz CT molecular complexity index is 3170. The number of nitrogens with one attached hydrogen (secondary N) is 5. The van der Waals surface area contributed by atoms with Crippen molar-refractivity contribution in [3.05, 3.63) is 70.9 Å². The number of fused-ring (bicyclic) bond motifs is 6. The van der Waals surface area contributed by atoms with E-state index in [0.29, 0.717) is 81.8 Å². The Labute approximate surface area is 523 Å². The van der Waals surface area contributed by atoms with Gasteiger partial charge in [-0.25, -0.2) is 10.2 Å². The molecule has 4 amide bonds. The Kier molecular flexibility index (Phi) is 20.5. The molecule has 482 valence electrons. The molecule has 0 radical (unpaired) electrons. The number of ether oxygens (including phenoxy) is 2. The van der Waals surface area contributed by atoms with Crippen LogP contribution >= 0.6 is 21.6 Å². The number of aliphatic carboxylic acids is 1. The quantitative estimate of drug-likeness (QED) is 0.0239. The summed E-state index contributed by atoms with van der Waals surface area (Å²) >= 11 is 0. The van der Waals surface area contributed by atoms with E-state index >= 15 is 4.79 Å². The van der Waals surface area contributed by atoms with Crippen LogP contribution in [-0.4, -0.2) is 190 Å². The van der Waals surface area contributed by atoms with Gasteiger partial charge < -0.3 is 56.2 Å². The summed E-state index contributed by atoms with van der Waals surface area (Å²) in [5, 5.41) is 54.3. The molecule has 2 bridgehead atoms. The van der Waals surface area contributed by atoms with E-state index in [-0.39, 0.29) is 49.1 Å². The molecule has 5 aliphatic heterocycles. The van der Waals surface area contributed by atoms with E-state index in [1.165, 1.54) is 34.1 Å². The minimum atomic E-state index is -2.50. The number of H-pyrrole nitrogens is 1. The molecular formula is C64H91N9O13S2. The number of anilines is 1. The number of methoxy groups -OCH3 is 1. The lowest BCUT2D eigenvalue weighted by molar-refractivity contribution is -0.204. The maximum Gasteiger partial charge on any atom is 0.426 e. The van der Waals surface area contributed by atoms with Crippen LogP contribution in [0.25, 0.3) is 10.9 Å². The zero-order valence-electron chi connectivity index (χ0n) is 52.1. The first kappa shape index (κ1) is 66.7. The third kappa shape index (κ3) is 12.3. The Morgan fingerprint density at radius 3 is 2.36 bits per heavy atom. The number of Topliss-reactive ketones (excluding diaryl/α,β-unsaturated/α-hetero) is 2. The number of para-hydroxylation sites is 1. The van der Waals surface area contributed by atoms with Crippen molar-refractivity contribution in [2.75, 3.05) is 76.4 Å². The lowest BCUT2D eigenvalue weighted by Crippen LogP contribution is -2.82. The summed E-state index contributed by atoms with van der Waals surface area (Å²) in [7, 11) is 6.32. The number of ketones is 2. The maximum absolute atomic E-state index is 15.1. The first-order valence-electron chi connectivity index (χ1n) is 31.3. The molecule has 2 aromatic carbocycles. The number of aliphatic hydroxyl groups is 3. The maximum atomic E-state index is 15.1. The summed E-state index contributed by atoms with van der Waals surface area (Å²) < 4.78 is 11.9. The number of carboxylic acid groups (broad SMARTS) is 1. The molecule has 1 aromatic heterocycles. The van der Waals surface area contributed by atoms with Crippen molar-refractivity contribution in [2.24, 2.45) is 28.9 Å². The lowest BCUT2D eigenvalue weighted by Gasteiger charge is -2.63. The number of nitrogens with two attached hydrogens (primary N) is 1. The molecule has 6 aliphatic rings. The minimum Gasteiger partial charge on any atom is -0.496 e. The number of carbonyl (C=O) groups is 7. The Morgan fingerprint density at radius 2 is 1.66 bits per heavy atom. The second kappa shape index (κ2) is 27.0. The SMILES string of the molecule is CC[C@@H](C)C(=O)N[C@@H](C)C(=O)C[C@@H](CC(=O)O)C(=O)N[C@@H](CN)C(=O)CCCSSCCOC(=O)NNC(=O)[C@@]1(O)[C@H](O)[C@]2(CC)C=CCN3CC[C@@]4(c5cc([C@@]6(C)C[C@@H]7CN(CCc8c6[nH]c6ccccc86)C[C@](O)(CC)C7)c(OC)cc5N(C)[C@@H]14)[C@@H]32. The largest absolute Gasteiger partial charge is 0.496 e. The number of aromatic amines is 1. The summed E-state index contributed by atoms with van der Waals surface area (Å²) in [4.78, 5) is 102. The van der Waals surface area contributed by atoms with Crippen molar-refractivity contribution < 1.29 is 63.5 Å². The molecule has 6 heterocycles. The van der Waals surface area contributed by atoms with Crippen LogP contribution in [0.2, 0.25) is 0 Å². The van der Waals surface area contributed by atoms with Crippen LogP contribution in [0.3, 0.4) is 0 Å².